The predicted molar refractivity (Wildman–Crippen MR) is 104 cm³/mol. The van der Waals surface area contributed by atoms with Crippen LogP contribution in [0.5, 0.6) is 0 Å². The topological polar surface area (TPSA) is 81.1 Å². The van der Waals surface area contributed by atoms with Gasteiger partial charge >= 0.3 is 0 Å². The van der Waals surface area contributed by atoms with Gasteiger partial charge in [-0.05, 0) is 30.9 Å². The Labute approximate surface area is 158 Å². The van der Waals surface area contributed by atoms with Crippen molar-refractivity contribution in [3.63, 3.8) is 0 Å². The Balaban J connectivity index is 1.89. The van der Waals surface area contributed by atoms with E-state index in [9.17, 15) is 0 Å². The first kappa shape index (κ1) is 18.4. The summed E-state index contributed by atoms with van der Waals surface area (Å²) in [5.41, 5.74) is 14.2. The molecule has 1 aromatic carbocycles. The van der Waals surface area contributed by atoms with E-state index in [1.165, 1.54) is 0 Å². The monoisotopic (exact) mass is 379 g/mol. The average molecular weight is 380 g/mol. The summed E-state index contributed by atoms with van der Waals surface area (Å²) >= 11 is 12.5. The Morgan fingerprint density at radius 1 is 1.20 bits per heavy atom. The van der Waals surface area contributed by atoms with Gasteiger partial charge in [0, 0.05) is 25.2 Å². The second kappa shape index (κ2) is 7.46. The van der Waals surface area contributed by atoms with Crippen LogP contribution in [-0.4, -0.2) is 29.6 Å². The lowest BCUT2D eigenvalue weighted by atomic mass is 9.80. The van der Waals surface area contributed by atoms with Crippen LogP contribution in [0.4, 0.5) is 5.82 Å². The second-order valence-electron chi connectivity index (χ2n) is 6.83. The van der Waals surface area contributed by atoms with Crippen molar-refractivity contribution in [1.29, 1.82) is 0 Å². The van der Waals surface area contributed by atoms with Crippen molar-refractivity contribution in [2.24, 2.45) is 16.9 Å². The summed E-state index contributed by atoms with van der Waals surface area (Å²) in [6, 6.07) is 5.47. The molecule has 1 fully saturated rings. The van der Waals surface area contributed by atoms with Crippen molar-refractivity contribution in [2.75, 3.05) is 24.5 Å². The first-order chi connectivity index (χ1) is 12.0. The van der Waals surface area contributed by atoms with Gasteiger partial charge in [0.1, 0.15) is 5.82 Å². The normalized spacial score (nSPS) is 16.9. The molecule has 5 nitrogen and oxygen atoms in total. The molecule has 0 spiro atoms. The number of nitrogens with two attached hydrogens (primary N) is 2. The molecular weight excluding hydrogens is 357 g/mol. The SMILES string of the molecule is CC1(CN)CCN(c2cnc(-c3cccc(Cl)c3Cl)c(CN)n2)CC1. The Morgan fingerprint density at radius 3 is 2.56 bits per heavy atom. The smallest absolute Gasteiger partial charge is 0.147 e. The fraction of sp³-hybridized carbons (Fsp3) is 0.444. The summed E-state index contributed by atoms with van der Waals surface area (Å²) in [5.74, 6) is 0.849. The molecule has 1 aromatic heterocycles. The summed E-state index contributed by atoms with van der Waals surface area (Å²) in [7, 11) is 0. The van der Waals surface area contributed by atoms with E-state index in [0.29, 0.717) is 28.0 Å². The van der Waals surface area contributed by atoms with Gasteiger partial charge in [-0.2, -0.15) is 0 Å². The quantitative estimate of drug-likeness (QED) is 0.849. The lowest BCUT2D eigenvalue weighted by Crippen LogP contribution is -2.42. The van der Waals surface area contributed by atoms with Crippen molar-refractivity contribution >= 4 is 29.0 Å². The first-order valence-electron chi connectivity index (χ1n) is 8.43. The first-order valence-corrected chi connectivity index (χ1v) is 9.18. The number of aromatic nitrogens is 2. The number of hydrogen-bond donors (Lipinski definition) is 2. The van der Waals surface area contributed by atoms with Crippen LogP contribution in [0.15, 0.2) is 24.4 Å². The molecule has 134 valence electrons. The highest BCUT2D eigenvalue weighted by molar-refractivity contribution is 6.43. The molecule has 0 aliphatic carbocycles. The van der Waals surface area contributed by atoms with Crippen molar-refractivity contribution in [1.82, 2.24) is 9.97 Å². The molecule has 0 amide bonds. The fourth-order valence-electron chi connectivity index (χ4n) is 3.10. The van der Waals surface area contributed by atoms with Gasteiger partial charge in [-0.3, -0.25) is 4.98 Å². The molecule has 0 saturated carbocycles. The zero-order valence-corrected chi connectivity index (χ0v) is 15.8. The molecule has 0 bridgehead atoms. The molecule has 3 rings (SSSR count). The molecule has 4 N–H and O–H groups in total. The van der Waals surface area contributed by atoms with Crippen LogP contribution in [-0.2, 0) is 6.54 Å². The van der Waals surface area contributed by atoms with Crippen LogP contribution in [0, 0.1) is 5.41 Å². The van der Waals surface area contributed by atoms with Gasteiger partial charge in [0.15, 0.2) is 0 Å². The summed E-state index contributed by atoms with van der Waals surface area (Å²) < 4.78 is 0. The number of anilines is 1. The zero-order valence-electron chi connectivity index (χ0n) is 14.3. The van der Waals surface area contributed by atoms with E-state index >= 15 is 0 Å². The highest BCUT2D eigenvalue weighted by atomic mass is 35.5. The number of nitrogens with zero attached hydrogens (tertiary/aromatic N) is 3. The van der Waals surface area contributed by atoms with Crippen molar-refractivity contribution < 1.29 is 0 Å². The van der Waals surface area contributed by atoms with Crippen molar-refractivity contribution in [3.8, 4) is 11.3 Å². The summed E-state index contributed by atoms with van der Waals surface area (Å²) in [5, 5.41) is 0.961. The number of hydrogen-bond acceptors (Lipinski definition) is 5. The maximum absolute atomic E-state index is 6.33. The third kappa shape index (κ3) is 3.75. The average Bonchev–Trinajstić information content (AvgIpc) is 2.64. The number of halogens is 2. The second-order valence-corrected chi connectivity index (χ2v) is 7.62. The van der Waals surface area contributed by atoms with Crippen LogP contribution in [0.2, 0.25) is 10.0 Å². The molecule has 0 atom stereocenters. The van der Waals surface area contributed by atoms with E-state index in [2.05, 4.69) is 16.8 Å². The molecule has 1 aliphatic heterocycles. The van der Waals surface area contributed by atoms with Gasteiger partial charge in [0.2, 0.25) is 0 Å². The van der Waals surface area contributed by atoms with Crippen molar-refractivity contribution in [2.45, 2.75) is 26.3 Å². The molecule has 1 saturated heterocycles. The van der Waals surface area contributed by atoms with Crippen LogP contribution in [0.25, 0.3) is 11.3 Å². The Hall–Kier alpha value is -1.40. The zero-order chi connectivity index (χ0) is 18.0. The fourth-order valence-corrected chi connectivity index (χ4v) is 3.49. The van der Waals surface area contributed by atoms with E-state index in [1.807, 2.05) is 12.1 Å². The lowest BCUT2D eigenvalue weighted by Gasteiger charge is -2.39. The molecule has 1 aliphatic rings. The maximum Gasteiger partial charge on any atom is 0.147 e. The number of benzene rings is 1. The van der Waals surface area contributed by atoms with Gasteiger partial charge in [-0.1, -0.05) is 42.3 Å². The Bertz CT molecular complexity index is 757. The Kier molecular flexibility index (Phi) is 5.49. The minimum atomic E-state index is 0.217. The number of rotatable bonds is 4. The standard InChI is InChI=1S/C18H23Cl2N5/c1-18(11-22)5-7-25(8-6-18)15-10-23-17(14(9-21)24-15)12-3-2-4-13(19)16(12)20/h2-4,10H,5-9,11,21-22H2,1H3. The van der Waals surface area contributed by atoms with Crippen molar-refractivity contribution in [3.05, 3.63) is 40.1 Å². The van der Waals surface area contributed by atoms with Gasteiger partial charge in [0.05, 0.1) is 27.6 Å². The van der Waals surface area contributed by atoms with Crippen LogP contribution >= 0.6 is 23.2 Å². The van der Waals surface area contributed by atoms with Gasteiger partial charge < -0.3 is 16.4 Å². The third-order valence-corrected chi connectivity index (χ3v) is 5.84. The Morgan fingerprint density at radius 2 is 1.92 bits per heavy atom. The van der Waals surface area contributed by atoms with E-state index in [4.69, 9.17) is 39.7 Å². The van der Waals surface area contributed by atoms with Crippen LogP contribution < -0.4 is 16.4 Å². The molecule has 2 heterocycles. The van der Waals surface area contributed by atoms with Gasteiger partial charge in [-0.25, -0.2) is 4.98 Å². The minimum Gasteiger partial charge on any atom is -0.355 e. The van der Waals surface area contributed by atoms with E-state index < -0.39 is 0 Å². The van der Waals surface area contributed by atoms with Crippen LogP contribution in [0.1, 0.15) is 25.5 Å². The van der Waals surface area contributed by atoms with E-state index in [-0.39, 0.29) is 12.0 Å². The minimum absolute atomic E-state index is 0.217. The molecular formula is C18H23Cl2N5. The van der Waals surface area contributed by atoms with Gasteiger partial charge in [-0.15, -0.1) is 0 Å². The highest BCUT2D eigenvalue weighted by Gasteiger charge is 2.29. The molecule has 2 aromatic rings. The molecule has 0 radical (unpaired) electrons. The summed E-state index contributed by atoms with van der Waals surface area (Å²) in [4.78, 5) is 11.6. The summed E-state index contributed by atoms with van der Waals surface area (Å²) in [6.45, 7) is 5.08. The third-order valence-electron chi connectivity index (χ3n) is 5.02. The van der Waals surface area contributed by atoms with Crippen LogP contribution in [0.3, 0.4) is 0 Å². The maximum atomic E-state index is 6.33. The predicted octanol–water partition coefficient (Wildman–Crippen LogP) is 3.47. The molecule has 7 heteroatoms. The summed E-state index contributed by atoms with van der Waals surface area (Å²) in [6.07, 6.45) is 3.88. The number of piperidine rings is 1. The van der Waals surface area contributed by atoms with E-state index in [1.54, 1.807) is 12.3 Å². The van der Waals surface area contributed by atoms with E-state index in [0.717, 1.165) is 37.3 Å². The largest absolute Gasteiger partial charge is 0.355 e. The van der Waals surface area contributed by atoms with Gasteiger partial charge in [0.25, 0.3) is 0 Å². The molecule has 25 heavy (non-hydrogen) atoms. The highest BCUT2D eigenvalue weighted by Crippen LogP contribution is 2.35. The lowest BCUT2D eigenvalue weighted by molar-refractivity contribution is 0.258. The molecule has 0 unspecified atom stereocenters.